The first-order valence-corrected chi connectivity index (χ1v) is 10.8. The Balaban J connectivity index is 2.29. The molecule has 0 fully saturated rings. The zero-order chi connectivity index (χ0) is 22.8. The van der Waals surface area contributed by atoms with E-state index in [1.165, 1.54) is 30.3 Å². The van der Waals surface area contributed by atoms with Crippen LogP contribution in [0.1, 0.15) is 88.7 Å². The summed E-state index contributed by atoms with van der Waals surface area (Å²) < 4.78 is 10.7. The minimum absolute atomic E-state index is 0.0653. The van der Waals surface area contributed by atoms with Gasteiger partial charge < -0.3 is 14.6 Å². The molecule has 2 aromatic carbocycles. The molecule has 0 saturated heterocycles. The fraction of sp³-hybridized carbons (Fsp3) is 0.400. The van der Waals surface area contributed by atoms with E-state index in [1.54, 1.807) is 6.07 Å². The molecule has 1 N–H and O–H groups in total. The maximum absolute atomic E-state index is 13.0. The molecule has 0 aliphatic heterocycles. The SMILES string of the molecule is CCCCOC(=O)c1ccc(OC(=O)c2c(C(=O)O)ccc(CCC)c2CCC)cc1. The average molecular weight is 427 g/mol. The van der Waals surface area contributed by atoms with Gasteiger partial charge in [-0.15, -0.1) is 0 Å². The van der Waals surface area contributed by atoms with Crippen molar-refractivity contribution in [3.8, 4) is 5.75 Å². The fourth-order valence-corrected chi connectivity index (χ4v) is 3.35. The molecule has 0 spiro atoms. The molecule has 0 saturated carbocycles. The lowest BCUT2D eigenvalue weighted by Gasteiger charge is -2.16. The van der Waals surface area contributed by atoms with Crippen molar-refractivity contribution in [3.05, 3.63) is 64.2 Å². The molecule has 0 atom stereocenters. The monoisotopic (exact) mass is 426 g/mol. The lowest BCUT2D eigenvalue weighted by atomic mass is 9.91. The Bertz CT molecular complexity index is 914. The molecule has 0 bridgehead atoms. The molecule has 0 radical (unpaired) electrons. The van der Waals surface area contributed by atoms with Gasteiger partial charge in [0.1, 0.15) is 5.75 Å². The van der Waals surface area contributed by atoms with Crippen molar-refractivity contribution in [3.63, 3.8) is 0 Å². The van der Waals surface area contributed by atoms with E-state index >= 15 is 0 Å². The van der Waals surface area contributed by atoms with Crippen LogP contribution in [0.2, 0.25) is 0 Å². The van der Waals surface area contributed by atoms with Crippen molar-refractivity contribution >= 4 is 17.9 Å². The van der Waals surface area contributed by atoms with Gasteiger partial charge >= 0.3 is 17.9 Å². The number of unbranched alkanes of at least 4 members (excludes halogenated alkanes) is 1. The Labute approximate surface area is 183 Å². The standard InChI is InChI=1S/C25H30O6/c1-4-7-16-30-24(28)18-10-13-19(14-11-18)31-25(29)22-20(9-6-3)17(8-5-2)12-15-21(22)23(26)27/h10-15H,4-9,16H2,1-3H3,(H,26,27). The van der Waals surface area contributed by atoms with Crippen LogP contribution in [0.25, 0.3) is 0 Å². The fourth-order valence-electron chi connectivity index (χ4n) is 3.35. The van der Waals surface area contributed by atoms with Gasteiger partial charge in [-0.2, -0.15) is 0 Å². The number of carboxylic acids is 1. The highest BCUT2D eigenvalue weighted by Gasteiger charge is 2.24. The van der Waals surface area contributed by atoms with Gasteiger partial charge in [-0.25, -0.2) is 14.4 Å². The molecule has 6 heteroatoms. The summed E-state index contributed by atoms with van der Waals surface area (Å²) in [7, 11) is 0. The first kappa shape index (κ1) is 24.1. The molecule has 31 heavy (non-hydrogen) atoms. The van der Waals surface area contributed by atoms with Crippen LogP contribution in [0, 0.1) is 0 Å². The molecular weight excluding hydrogens is 396 g/mol. The normalized spacial score (nSPS) is 10.5. The Morgan fingerprint density at radius 3 is 2.10 bits per heavy atom. The molecule has 6 nitrogen and oxygen atoms in total. The minimum Gasteiger partial charge on any atom is -0.478 e. The number of ether oxygens (including phenoxy) is 2. The number of esters is 2. The van der Waals surface area contributed by atoms with E-state index in [9.17, 15) is 19.5 Å². The van der Waals surface area contributed by atoms with Gasteiger partial charge in [0.05, 0.1) is 23.3 Å². The zero-order valence-corrected chi connectivity index (χ0v) is 18.4. The molecule has 0 aliphatic carbocycles. The number of carbonyl (C=O) groups is 3. The number of carboxylic acid groups (broad SMARTS) is 1. The quantitative estimate of drug-likeness (QED) is 0.291. The van der Waals surface area contributed by atoms with Gasteiger partial charge in [0.2, 0.25) is 0 Å². The van der Waals surface area contributed by atoms with Gasteiger partial charge in [0.25, 0.3) is 0 Å². The first-order chi connectivity index (χ1) is 14.9. The number of hydrogen-bond acceptors (Lipinski definition) is 5. The lowest BCUT2D eigenvalue weighted by Crippen LogP contribution is -2.18. The predicted molar refractivity (Wildman–Crippen MR) is 118 cm³/mol. The van der Waals surface area contributed by atoms with E-state index in [2.05, 4.69) is 0 Å². The summed E-state index contributed by atoms with van der Waals surface area (Å²) in [6.45, 7) is 6.39. The van der Waals surface area contributed by atoms with Gasteiger partial charge in [0.15, 0.2) is 0 Å². The van der Waals surface area contributed by atoms with Crippen LogP contribution in [0.3, 0.4) is 0 Å². The summed E-state index contributed by atoms with van der Waals surface area (Å²) in [5.41, 5.74) is 2.09. The summed E-state index contributed by atoms with van der Waals surface area (Å²) in [6, 6.07) is 9.31. The summed E-state index contributed by atoms with van der Waals surface area (Å²) in [5, 5.41) is 9.62. The van der Waals surface area contributed by atoms with Crippen LogP contribution in [0.5, 0.6) is 5.75 Å². The number of rotatable bonds is 11. The molecule has 166 valence electrons. The lowest BCUT2D eigenvalue weighted by molar-refractivity contribution is 0.0499. The number of aromatic carboxylic acids is 1. The van der Waals surface area contributed by atoms with E-state index in [1.807, 2.05) is 20.8 Å². The van der Waals surface area contributed by atoms with Crippen LogP contribution in [-0.2, 0) is 17.6 Å². The second-order valence-electron chi connectivity index (χ2n) is 7.33. The molecule has 0 amide bonds. The third kappa shape index (κ3) is 6.41. The Morgan fingerprint density at radius 1 is 0.839 bits per heavy atom. The van der Waals surface area contributed by atoms with Crippen molar-refractivity contribution in [2.75, 3.05) is 6.61 Å². The topological polar surface area (TPSA) is 89.9 Å². The molecule has 2 aromatic rings. The predicted octanol–water partition coefficient (Wildman–Crippen LogP) is 5.47. The molecule has 0 aliphatic rings. The van der Waals surface area contributed by atoms with E-state index in [4.69, 9.17) is 9.47 Å². The highest BCUT2D eigenvalue weighted by Crippen LogP contribution is 2.25. The zero-order valence-electron chi connectivity index (χ0n) is 18.4. The Morgan fingerprint density at radius 2 is 1.52 bits per heavy atom. The largest absolute Gasteiger partial charge is 0.478 e. The number of aryl methyl sites for hydroxylation is 1. The molecule has 0 aromatic heterocycles. The van der Waals surface area contributed by atoms with Gasteiger partial charge in [-0.3, -0.25) is 0 Å². The van der Waals surface area contributed by atoms with Crippen molar-refractivity contribution in [2.45, 2.75) is 59.3 Å². The van der Waals surface area contributed by atoms with E-state index < -0.39 is 17.9 Å². The van der Waals surface area contributed by atoms with Gasteiger partial charge in [-0.1, -0.05) is 46.1 Å². The van der Waals surface area contributed by atoms with Gasteiger partial charge in [0, 0.05) is 0 Å². The second-order valence-corrected chi connectivity index (χ2v) is 7.33. The Kier molecular flexibility index (Phi) is 9.25. The van der Waals surface area contributed by atoms with Crippen LogP contribution < -0.4 is 4.74 Å². The average Bonchev–Trinajstić information content (AvgIpc) is 2.75. The van der Waals surface area contributed by atoms with Crippen molar-refractivity contribution in [2.24, 2.45) is 0 Å². The highest BCUT2D eigenvalue weighted by molar-refractivity contribution is 6.04. The number of hydrogen-bond donors (Lipinski definition) is 1. The second kappa shape index (κ2) is 11.9. The summed E-state index contributed by atoms with van der Waals surface area (Å²) in [5.74, 6) is -2.08. The van der Waals surface area contributed by atoms with Crippen LogP contribution in [0.4, 0.5) is 0 Å². The van der Waals surface area contributed by atoms with Gasteiger partial charge in [-0.05, 0) is 60.7 Å². The minimum atomic E-state index is -1.17. The van der Waals surface area contributed by atoms with Crippen LogP contribution in [0.15, 0.2) is 36.4 Å². The third-order valence-corrected chi connectivity index (χ3v) is 4.90. The number of carbonyl (C=O) groups excluding carboxylic acids is 2. The van der Waals surface area contributed by atoms with Crippen molar-refractivity contribution in [1.82, 2.24) is 0 Å². The molecule has 0 heterocycles. The van der Waals surface area contributed by atoms with E-state index in [-0.39, 0.29) is 16.9 Å². The molecule has 2 rings (SSSR count). The number of benzene rings is 2. The Hall–Kier alpha value is -3.15. The van der Waals surface area contributed by atoms with Crippen LogP contribution in [-0.4, -0.2) is 29.6 Å². The smallest absolute Gasteiger partial charge is 0.344 e. The first-order valence-electron chi connectivity index (χ1n) is 10.8. The van der Waals surface area contributed by atoms with E-state index in [0.717, 1.165) is 43.2 Å². The van der Waals surface area contributed by atoms with Crippen molar-refractivity contribution < 1.29 is 29.0 Å². The maximum Gasteiger partial charge on any atom is 0.344 e. The molecular formula is C25H30O6. The summed E-state index contributed by atoms with van der Waals surface area (Å²) in [4.78, 5) is 36.8. The third-order valence-electron chi connectivity index (χ3n) is 4.90. The van der Waals surface area contributed by atoms with Crippen LogP contribution >= 0.6 is 0 Å². The summed E-state index contributed by atoms with van der Waals surface area (Å²) in [6.07, 6.45) is 4.72. The highest BCUT2D eigenvalue weighted by atomic mass is 16.5. The van der Waals surface area contributed by atoms with Crippen molar-refractivity contribution in [1.29, 1.82) is 0 Å². The molecule has 0 unspecified atom stereocenters. The maximum atomic E-state index is 13.0. The summed E-state index contributed by atoms with van der Waals surface area (Å²) >= 11 is 0. The van der Waals surface area contributed by atoms with E-state index in [0.29, 0.717) is 18.6 Å².